The summed E-state index contributed by atoms with van der Waals surface area (Å²) in [6, 6.07) is 13.0. The van der Waals surface area contributed by atoms with Crippen molar-refractivity contribution in [3.63, 3.8) is 0 Å². The number of halogens is 1. The van der Waals surface area contributed by atoms with Crippen molar-refractivity contribution < 1.29 is 4.79 Å². The van der Waals surface area contributed by atoms with E-state index in [1.165, 1.54) is 6.92 Å². The normalized spacial score (nSPS) is 26.0. The molecule has 0 saturated heterocycles. The predicted molar refractivity (Wildman–Crippen MR) is 98.5 cm³/mol. The Bertz CT molecular complexity index is 963. The van der Waals surface area contributed by atoms with Crippen molar-refractivity contribution in [1.82, 2.24) is 4.90 Å². The molecule has 3 atom stereocenters. The van der Waals surface area contributed by atoms with Gasteiger partial charge in [-0.3, -0.25) is 4.79 Å². The highest BCUT2D eigenvalue weighted by atomic mass is 35.5. The van der Waals surface area contributed by atoms with E-state index >= 15 is 0 Å². The average Bonchev–Trinajstić information content (AvgIpc) is 2.67. The van der Waals surface area contributed by atoms with E-state index < -0.39 is 23.2 Å². The Balaban J connectivity index is 2.29. The van der Waals surface area contributed by atoms with Gasteiger partial charge in [0.05, 0.1) is 23.9 Å². The molecule has 0 bridgehead atoms. The fourth-order valence-corrected chi connectivity index (χ4v) is 4.39. The van der Waals surface area contributed by atoms with Gasteiger partial charge in [0.15, 0.2) is 5.41 Å². The minimum Gasteiger partial charge on any atom is -0.339 e. The van der Waals surface area contributed by atoms with Crippen LogP contribution in [0.15, 0.2) is 35.9 Å². The van der Waals surface area contributed by atoms with Crippen molar-refractivity contribution in [3.8, 4) is 18.2 Å². The summed E-state index contributed by atoms with van der Waals surface area (Å²) in [5, 5.41) is 38.5. The number of carbonyl (C=O) groups is 1. The van der Waals surface area contributed by atoms with Gasteiger partial charge in [-0.2, -0.15) is 15.8 Å². The van der Waals surface area contributed by atoms with Gasteiger partial charge in [0.2, 0.25) is 5.91 Å². The summed E-state index contributed by atoms with van der Waals surface area (Å²) in [6.07, 6.45) is 1.78. The second kappa shape index (κ2) is 6.88. The molecule has 3 rings (SSSR count). The molecule has 1 saturated carbocycles. The number of nitrogens with zero attached hydrogens (tertiary/aromatic N) is 4. The number of nitriles is 3. The third-order valence-electron chi connectivity index (χ3n) is 5.48. The molecule has 134 valence electrons. The van der Waals surface area contributed by atoms with Gasteiger partial charge in [0.1, 0.15) is 5.92 Å². The Hall–Kier alpha value is -3.14. The van der Waals surface area contributed by atoms with Crippen molar-refractivity contribution in [2.75, 3.05) is 13.1 Å². The van der Waals surface area contributed by atoms with E-state index in [4.69, 9.17) is 17.0 Å². The molecule has 1 fully saturated rings. The molecule has 0 spiro atoms. The highest BCUT2D eigenvalue weighted by Crippen LogP contribution is 2.54. The molecule has 1 unspecified atom stereocenters. The Morgan fingerprint density at radius 1 is 1.30 bits per heavy atom. The monoisotopic (exact) mass is 377 g/mol. The van der Waals surface area contributed by atoms with Crippen LogP contribution >= 0.6 is 11.6 Å². The molecule has 27 heavy (non-hydrogen) atoms. The van der Waals surface area contributed by atoms with E-state index in [1.54, 1.807) is 35.2 Å². The van der Waals surface area contributed by atoms with E-state index in [0.29, 0.717) is 22.7 Å². The van der Waals surface area contributed by atoms with Crippen molar-refractivity contribution in [1.29, 1.82) is 21.2 Å². The smallest absolute Gasteiger partial charge is 0.219 e. The summed E-state index contributed by atoms with van der Waals surface area (Å²) in [6.45, 7) is 2.07. The van der Waals surface area contributed by atoms with Crippen molar-refractivity contribution >= 4 is 23.2 Å². The minimum absolute atomic E-state index is 0.128. The Kier molecular flexibility index (Phi) is 4.75. The van der Waals surface area contributed by atoms with Crippen molar-refractivity contribution in [3.05, 3.63) is 46.5 Å². The van der Waals surface area contributed by atoms with Crippen LogP contribution in [0.25, 0.3) is 0 Å². The topological polar surface area (TPSA) is 116 Å². The fourth-order valence-electron chi connectivity index (χ4n) is 4.14. The van der Waals surface area contributed by atoms with Gasteiger partial charge in [-0.1, -0.05) is 35.9 Å². The van der Waals surface area contributed by atoms with Crippen LogP contribution in [0.3, 0.4) is 0 Å². The van der Waals surface area contributed by atoms with Crippen LogP contribution in [0.1, 0.15) is 18.4 Å². The Labute approximate surface area is 162 Å². The number of carbonyl (C=O) groups excluding carboxylic acids is 1. The van der Waals surface area contributed by atoms with Crippen molar-refractivity contribution in [2.45, 2.75) is 12.8 Å². The summed E-state index contributed by atoms with van der Waals surface area (Å²) >= 11 is 6.39. The average molecular weight is 378 g/mol. The van der Waals surface area contributed by atoms with Crippen molar-refractivity contribution in [2.24, 2.45) is 17.3 Å². The number of benzene rings is 1. The van der Waals surface area contributed by atoms with Crippen LogP contribution in [0.5, 0.6) is 0 Å². The van der Waals surface area contributed by atoms with E-state index in [1.807, 2.05) is 12.1 Å². The number of amides is 1. The summed E-state index contributed by atoms with van der Waals surface area (Å²) in [5.41, 5.74) is -0.790. The number of fused-ring (bicyclic) bond motifs is 1. The van der Waals surface area contributed by atoms with Gasteiger partial charge in [-0.15, -0.1) is 0 Å². The molecule has 0 aromatic heterocycles. The maximum absolute atomic E-state index is 11.9. The number of hydrogen-bond donors (Lipinski definition) is 1. The summed E-state index contributed by atoms with van der Waals surface area (Å²) in [4.78, 5) is 13.5. The summed E-state index contributed by atoms with van der Waals surface area (Å²) < 4.78 is 0. The lowest BCUT2D eigenvalue weighted by Gasteiger charge is -2.47. The minimum atomic E-state index is -1.83. The predicted octanol–water partition coefficient (Wildman–Crippen LogP) is 3.04. The lowest BCUT2D eigenvalue weighted by Crippen LogP contribution is -2.53. The number of hydrogen-bond acceptors (Lipinski definition) is 5. The fraction of sp³-hybridized carbons (Fsp3) is 0.350. The third-order valence-corrected chi connectivity index (χ3v) is 5.82. The van der Waals surface area contributed by atoms with E-state index in [0.717, 1.165) is 0 Å². The molecule has 1 aliphatic carbocycles. The number of rotatable bonds is 1. The maximum atomic E-state index is 11.9. The van der Waals surface area contributed by atoms with Gasteiger partial charge in [0.25, 0.3) is 0 Å². The SMILES string of the molecule is CC(=O)N1CC=C2C(C#N)C(=N)C(C#N)(C#N)[C@H](c3ccccc3Cl)[C@@H]2C1. The highest BCUT2D eigenvalue weighted by molar-refractivity contribution is 6.31. The first-order valence-electron chi connectivity index (χ1n) is 8.42. The summed E-state index contributed by atoms with van der Waals surface area (Å²) in [7, 11) is 0. The molecule has 7 heteroatoms. The quantitative estimate of drug-likeness (QED) is 0.757. The highest BCUT2D eigenvalue weighted by Gasteiger charge is 2.58. The second-order valence-corrected chi connectivity index (χ2v) is 7.15. The third kappa shape index (κ3) is 2.69. The van der Waals surface area contributed by atoms with Crippen LogP contribution in [-0.4, -0.2) is 29.6 Å². The van der Waals surface area contributed by atoms with E-state index in [2.05, 4.69) is 6.07 Å². The molecular formula is C20H16ClN5O. The van der Waals surface area contributed by atoms with Crippen LogP contribution in [-0.2, 0) is 4.79 Å². The van der Waals surface area contributed by atoms with Gasteiger partial charge >= 0.3 is 0 Å². The van der Waals surface area contributed by atoms with Gasteiger partial charge in [0, 0.05) is 36.9 Å². The molecule has 2 aliphatic rings. The largest absolute Gasteiger partial charge is 0.339 e. The maximum Gasteiger partial charge on any atom is 0.219 e. The first kappa shape index (κ1) is 18.6. The molecule has 0 radical (unpaired) electrons. The summed E-state index contributed by atoms with van der Waals surface area (Å²) in [5.74, 6) is -2.27. The Morgan fingerprint density at radius 2 is 1.96 bits per heavy atom. The molecule has 1 aromatic carbocycles. The van der Waals surface area contributed by atoms with Crippen LogP contribution in [0.2, 0.25) is 5.02 Å². The number of nitrogens with one attached hydrogen (secondary N) is 1. The lowest BCUT2D eigenvalue weighted by atomic mass is 9.54. The molecule has 1 heterocycles. The van der Waals surface area contributed by atoms with Gasteiger partial charge < -0.3 is 10.3 Å². The van der Waals surface area contributed by atoms with Crippen LogP contribution < -0.4 is 0 Å². The van der Waals surface area contributed by atoms with E-state index in [-0.39, 0.29) is 18.2 Å². The van der Waals surface area contributed by atoms with Gasteiger partial charge in [-0.05, 0) is 17.2 Å². The zero-order valence-corrected chi connectivity index (χ0v) is 15.4. The molecule has 1 amide bonds. The second-order valence-electron chi connectivity index (χ2n) is 6.74. The standard InChI is InChI=1S/C20H16ClN5O/c1-12(27)26-7-6-13-15(8-22)19(25)20(10-23,11-24)18(16(13)9-26)14-4-2-3-5-17(14)21/h2-6,15-16,18,25H,7,9H2,1H3/t15?,16-,18-/m1/s1. The Morgan fingerprint density at radius 3 is 2.52 bits per heavy atom. The molecule has 1 aromatic rings. The van der Waals surface area contributed by atoms with E-state index in [9.17, 15) is 20.6 Å². The lowest BCUT2D eigenvalue weighted by molar-refractivity contribution is -0.129. The van der Waals surface area contributed by atoms with Crippen LogP contribution in [0, 0.1) is 56.7 Å². The molecule has 1 aliphatic heterocycles. The molecule has 1 N–H and O–H groups in total. The van der Waals surface area contributed by atoms with Crippen LogP contribution in [0.4, 0.5) is 0 Å². The first-order valence-corrected chi connectivity index (χ1v) is 8.80. The zero-order valence-electron chi connectivity index (χ0n) is 14.6. The zero-order chi connectivity index (χ0) is 19.8. The molecular weight excluding hydrogens is 362 g/mol. The first-order chi connectivity index (χ1) is 12.9. The van der Waals surface area contributed by atoms with Gasteiger partial charge in [-0.25, -0.2) is 0 Å². The molecule has 6 nitrogen and oxygen atoms in total.